The predicted octanol–water partition coefficient (Wildman–Crippen LogP) is 4.79. The SMILES string of the molecule is COc1ccc(SCCN2CC[C@@H](CC[C@H](O)c3ccnc4ccc(OC)cc34)[C@@H](CO)C2)cc1. The van der Waals surface area contributed by atoms with E-state index in [4.69, 9.17) is 9.47 Å². The van der Waals surface area contributed by atoms with Crippen LogP contribution in [-0.2, 0) is 0 Å². The monoisotopic (exact) mass is 496 g/mol. The lowest BCUT2D eigenvalue weighted by Crippen LogP contribution is -2.43. The largest absolute Gasteiger partial charge is 0.497 e. The van der Waals surface area contributed by atoms with Crippen LogP contribution >= 0.6 is 11.8 Å². The van der Waals surface area contributed by atoms with Crippen LogP contribution in [0.1, 0.15) is 30.9 Å². The van der Waals surface area contributed by atoms with Gasteiger partial charge in [0.1, 0.15) is 11.5 Å². The number of pyridine rings is 1. The Morgan fingerprint density at radius 1 is 1.06 bits per heavy atom. The highest BCUT2D eigenvalue weighted by atomic mass is 32.2. The molecule has 0 amide bonds. The Bertz CT molecular complexity index is 1080. The molecule has 0 aliphatic carbocycles. The summed E-state index contributed by atoms with van der Waals surface area (Å²) in [6, 6.07) is 15.8. The molecule has 0 radical (unpaired) electrons. The first-order chi connectivity index (χ1) is 17.1. The summed E-state index contributed by atoms with van der Waals surface area (Å²) in [5, 5.41) is 22.0. The molecule has 3 aromatic rings. The van der Waals surface area contributed by atoms with Crippen LogP contribution in [0.5, 0.6) is 11.5 Å². The molecule has 2 N–H and O–H groups in total. The molecule has 0 unspecified atom stereocenters. The maximum absolute atomic E-state index is 11.0. The van der Waals surface area contributed by atoms with Crippen molar-refractivity contribution in [1.82, 2.24) is 9.88 Å². The van der Waals surface area contributed by atoms with E-state index in [9.17, 15) is 10.2 Å². The number of nitrogens with zero attached hydrogens (tertiary/aromatic N) is 2. The number of hydrogen-bond acceptors (Lipinski definition) is 7. The van der Waals surface area contributed by atoms with Gasteiger partial charge in [0.15, 0.2) is 0 Å². The van der Waals surface area contributed by atoms with E-state index in [-0.39, 0.29) is 12.5 Å². The number of thioether (sulfide) groups is 1. The van der Waals surface area contributed by atoms with Crippen molar-refractivity contribution in [3.05, 3.63) is 60.3 Å². The van der Waals surface area contributed by atoms with E-state index in [1.165, 1.54) is 4.90 Å². The number of aromatic nitrogens is 1. The molecule has 35 heavy (non-hydrogen) atoms. The molecule has 1 aromatic heterocycles. The summed E-state index contributed by atoms with van der Waals surface area (Å²) >= 11 is 1.85. The van der Waals surface area contributed by atoms with Crippen LogP contribution in [0.25, 0.3) is 10.9 Å². The van der Waals surface area contributed by atoms with Gasteiger partial charge in [0.2, 0.25) is 0 Å². The number of benzene rings is 2. The Morgan fingerprint density at radius 2 is 1.83 bits per heavy atom. The fourth-order valence-corrected chi connectivity index (χ4v) is 5.92. The molecule has 0 saturated carbocycles. The first-order valence-corrected chi connectivity index (χ1v) is 13.3. The molecular weight excluding hydrogens is 460 g/mol. The summed E-state index contributed by atoms with van der Waals surface area (Å²) in [7, 11) is 3.33. The van der Waals surface area contributed by atoms with E-state index >= 15 is 0 Å². The van der Waals surface area contributed by atoms with Crippen LogP contribution < -0.4 is 9.47 Å². The average Bonchev–Trinajstić information content (AvgIpc) is 2.91. The van der Waals surface area contributed by atoms with Gasteiger partial charge in [-0.15, -0.1) is 11.8 Å². The third kappa shape index (κ3) is 6.67. The Kier molecular flexibility index (Phi) is 9.26. The first kappa shape index (κ1) is 25.8. The van der Waals surface area contributed by atoms with Crippen LogP contribution in [0.4, 0.5) is 0 Å². The Balaban J connectivity index is 1.28. The smallest absolute Gasteiger partial charge is 0.119 e. The maximum atomic E-state index is 11.0. The molecule has 7 heteroatoms. The van der Waals surface area contributed by atoms with E-state index in [1.807, 2.05) is 48.2 Å². The summed E-state index contributed by atoms with van der Waals surface area (Å²) in [5.41, 5.74) is 1.75. The van der Waals surface area contributed by atoms with Crippen LogP contribution in [0.2, 0.25) is 0 Å². The fourth-order valence-electron chi connectivity index (χ4n) is 5.00. The molecule has 1 aliphatic heterocycles. The molecular formula is C28H36N2O4S. The minimum absolute atomic E-state index is 0.193. The lowest BCUT2D eigenvalue weighted by molar-refractivity contribution is 0.0608. The van der Waals surface area contributed by atoms with E-state index in [0.717, 1.165) is 66.2 Å². The van der Waals surface area contributed by atoms with Crippen molar-refractivity contribution in [2.45, 2.75) is 30.3 Å². The standard InChI is InChI=1S/C28H36N2O4S/c1-33-22-4-7-24(8-5-22)35-16-15-30-14-12-20(21(18-30)19-31)3-10-28(32)25-11-13-29-27-9-6-23(34-2)17-26(25)27/h4-9,11,13,17,20-21,28,31-32H,3,10,12,14-16,18-19H2,1-2H3/t20-,21-,28+/m1/s1. The Morgan fingerprint density at radius 3 is 2.57 bits per heavy atom. The highest BCUT2D eigenvalue weighted by molar-refractivity contribution is 7.99. The normalized spacial score (nSPS) is 19.5. The summed E-state index contributed by atoms with van der Waals surface area (Å²) in [6.45, 7) is 3.15. The second-order valence-corrected chi connectivity index (χ2v) is 10.4. The molecule has 2 heterocycles. The highest BCUT2D eigenvalue weighted by Crippen LogP contribution is 2.33. The minimum atomic E-state index is -0.564. The van der Waals surface area contributed by atoms with E-state index < -0.39 is 6.10 Å². The zero-order valence-electron chi connectivity index (χ0n) is 20.6. The number of aliphatic hydroxyl groups is 2. The number of methoxy groups -OCH3 is 2. The van der Waals surface area contributed by atoms with Crippen LogP contribution in [-0.4, -0.2) is 66.3 Å². The van der Waals surface area contributed by atoms with Crippen molar-refractivity contribution >= 4 is 22.7 Å². The maximum Gasteiger partial charge on any atom is 0.119 e. The summed E-state index contributed by atoms with van der Waals surface area (Å²) < 4.78 is 10.6. The Hall–Kier alpha value is -2.32. The van der Waals surface area contributed by atoms with Gasteiger partial charge in [-0.1, -0.05) is 0 Å². The zero-order valence-corrected chi connectivity index (χ0v) is 21.4. The first-order valence-electron chi connectivity index (χ1n) is 12.3. The zero-order chi connectivity index (χ0) is 24.6. The number of hydrogen-bond donors (Lipinski definition) is 2. The quantitative estimate of drug-likeness (QED) is 0.370. The fraction of sp³-hybridized carbons (Fsp3) is 0.464. The topological polar surface area (TPSA) is 75.1 Å². The lowest BCUT2D eigenvalue weighted by Gasteiger charge is -2.38. The van der Waals surface area contributed by atoms with Crippen molar-refractivity contribution in [2.24, 2.45) is 11.8 Å². The van der Waals surface area contributed by atoms with Crippen LogP contribution in [0.15, 0.2) is 59.6 Å². The third-order valence-corrected chi connectivity index (χ3v) is 8.09. The third-order valence-electron chi connectivity index (χ3n) is 7.10. The van der Waals surface area contributed by atoms with Crippen LogP contribution in [0, 0.1) is 11.8 Å². The number of aliphatic hydroxyl groups excluding tert-OH is 2. The van der Waals surface area contributed by atoms with Crippen molar-refractivity contribution in [1.29, 1.82) is 0 Å². The number of piperidine rings is 1. The van der Waals surface area contributed by atoms with Gasteiger partial charge in [0.25, 0.3) is 0 Å². The summed E-state index contributed by atoms with van der Waals surface area (Å²) in [5.74, 6) is 3.33. The molecule has 1 saturated heterocycles. The summed E-state index contributed by atoms with van der Waals surface area (Å²) in [4.78, 5) is 8.13. The van der Waals surface area contributed by atoms with Gasteiger partial charge in [-0.05, 0) is 91.7 Å². The molecule has 3 atom stereocenters. The molecule has 1 fully saturated rings. The number of fused-ring (bicyclic) bond motifs is 1. The molecule has 1 aliphatic rings. The van der Waals surface area contributed by atoms with Crippen LogP contribution in [0.3, 0.4) is 0 Å². The molecule has 2 aromatic carbocycles. The van der Waals surface area contributed by atoms with Crippen molar-refractivity contribution < 1.29 is 19.7 Å². The van der Waals surface area contributed by atoms with Gasteiger partial charge in [0.05, 0.1) is 25.8 Å². The second-order valence-electron chi connectivity index (χ2n) is 9.19. The van der Waals surface area contributed by atoms with Gasteiger partial charge in [0, 0.05) is 41.9 Å². The highest BCUT2D eigenvalue weighted by Gasteiger charge is 2.29. The number of likely N-dealkylation sites (tertiary alicyclic amines) is 1. The predicted molar refractivity (Wildman–Crippen MR) is 141 cm³/mol. The molecule has 0 bridgehead atoms. The van der Waals surface area contributed by atoms with Crippen molar-refractivity contribution in [3.8, 4) is 11.5 Å². The number of ether oxygens (including phenoxy) is 2. The van der Waals surface area contributed by atoms with E-state index in [1.54, 1.807) is 20.4 Å². The second kappa shape index (κ2) is 12.6. The molecule has 4 rings (SSSR count). The van der Waals surface area contributed by atoms with Gasteiger partial charge >= 0.3 is 0 Å². The molecule has 6 nitrogen and oxygen atoms in total. The number of rotatable bonds is 11. The van der Waals surface area contributed by atoms with Crippen molar-refractivity contribution in [2.75, 3.05) is 46.2 Å². The van der Waals surface area contributed by atoms with Gasteiger partial charge in [-0.3, -0.25) is 4.98 Å². The van der Waals surface area contributed by atoms with E-state index in [2.05, 4.69) is 22.0 Å². The Labute approximate surface area is 212 Å². The van der Waals surface area contributed by atoms with Gasteiger partial charge in [-0.25, -0.2) is 0 Å². The van der Waals surface area contributed by atoms with Gasteiger partial charge in [-0.2, -0.15) is 0 Å². The minimum Gasteiger partial charge on any atom is -0.497 e. The lowest BCUT2D eigenvalue weighted by atomic mass is 9.81. The average molecular weight is 497 g/mol. The van der Waals surface area contributed by atoms with E-state index in [0.29, 0.717) is 12.3 Å². The van der Waals surface area contributed by atoms with Crippen molar-refractivity contribution in [3.63, 3.8) is 0 Å². The molecule has 188 valence electrons. The molecule has 0 spiro atoms. The van der Waals surface area contributed by atoms with Gasteiger partial charge < -0.3 is 24.6 Å². The summed E-state index contributed by atoms with van der Waals surface area (Å²) in [6.07, 6.45) is 3.81.